The molecule has 3 rings (SSSR count). The summed E-state index contributed by atoms with van der Waals surface area (Å²) in [5.41, 5.74) is 1.34. The summed E-state index contributed by atoms with van der Waals surface area (Å²) >= 11 is 1.27. The third kappa shape index (κ3) is 3.31. The van der Waals surface area contributed by atoms with E-state index in [4.69, 9.17) is 0 Å². The van der Waals surface area contributed by atoms with Crippen molar-refractivity contribution in [1.82, 2.24) is 19.2 Å². The van der Waals surface area contributed by atoms with E-state index in [1.807, 2.05) is 11.8 Å². The predicted molar refractivity (Wildman–Crippen MR) is 86.5 cm³/mol. The third-order valence-electron chi connectivity index (χ3n) is 4.04. The van der Waals surface area contributed by atoms with Crippen molar-refractivity contribution in [3.63, 3.8) is 0 Å². The maximum absolute atomic E-state index is 13.9. The second kappa shape index (κ2) is 6.57. The van der Waals surface area contributed by atoms with Crippen LogP contribution in [-0.2, 0) is 0 Å². The molecule has 122 valence electrons. The number of carbonyl (C=O) groups is 1. The van der Waals surface area contributed by atoms with Crippen LogP contribution in [0.2, 0.25) is 0 Å². The number of rotatable bonds is 4. The number of nitrogens with zero attached hydrogens (tertiary/aromatic N) is 5. The van der Waals surface area contributed by atoms with Crippen LogP contribution in [-0.4, -0.2) is 57.5 Å². The lowest BCUT2D eigenvalue weighted by molar-refractivity contribution is 0.0785. The Kier molecular flexibility index (Phi) is 4.51. The van der Waals surface area contributed by atoms with Crippen LogP contribution < -0.4 is 4.90 Å². The van der Waals surface area contributed by atoms with Gasteiger partial charge in [-0.3, -0.25) is 4.79 Å². The van der Waals surface area contributed by atoms with Gasteiger partial charge in [0.1, 0.15) is 18.3 Å². The minimum Gasteiger partial charge on any atom is -0.349 e. The van der Waals surface area contributed by atoms with E-state index in [1.54, 1.807) is 29.6 Å². The largest absolute Gasteiger partial charge is 0.349 e. The van der Waals surface area contributed by atoms with Gasteiger partial charge in [0.2, 0.25) is 0 Å². The normalized spacial score (nSPS) is 20.7. The summed E-state index contributed by atoms with van der Waals surface area (Å²) in [6.45, 7) is 2.55. The zero-order valence-electron chi connectivity index (χ0n) is 13.0. The molecule has 0 radical (unpaired) electrons. The van der Waals surface area contributed by atoms with E-state index in [-0.39, 0.29) is 11.9 Å². The summed E-state index contributed by atoms with van der Waals surface area (Å²) in [6, 6.07) is 1.67. The van der Waals surface area contributed by atoms with Gasteiger partial charge in [-0.15, -0.1) is 0 Å². The zero-order chi connectivity index (χ0) is 16.4. The number of hydrogen-bond donors (Lipinski definition) is 0. The predicted octanol–water partition coefficient (Wildman–Crippen LogP) is 1.93. The fourth-order valence-electron chi connectivity index (χ4n) is 2.87. The Morgan fingerprint density at radius 1 is 1.57 bits per heavy atom. The molecule has 0 unspecified atom stereocenters. The number of halogens is 1. The van der Waals surface area contributed by atoms with Crippen molar-refractivity contribution < 1.29 is 9.18 Å². The lowest BCUT2D eigenvalue weighted by Crippen LogP contribution is -2.41. The highest BCUT2D eigenvalue weighted by atomic mass is 32.1. The maximum atomic E-state index is 13.9. The van der Waals surface area contributed by atoms with Crippen molar-refractivity contribution in [3.8, 4) is 0 Å². The molecule has 23 heavy (non-hydrogen) atoms. The molecular weight excluding hydrogens is 317 g/mol. The van der Waals surface area contributed by atoms with Crippen LogP contribution in [0.25, 0.3) is 0 Å². The molecular formula is C15H18FN5OS. The molecule has 0 saturated carbocycles. The molecule has 0 N–H and O–H groups in total. The average molecular weight is 335 g/mol. The molecule has 1 saturated heterocycles. The van der Waals surface area contributed by atoms with Crippen molar-refractivity contribution in [2.75, 3.05) is 25.0 Å². The summed E-state index contributed by atoms with van der Waals surface area (Å²) in [6.07, 6.45) is 2.57. The lowest BCUT2D eigenvalue weighted by Gasteiger charge is -2.29. The summed E-state index contributed by atoms with van der Waals surface area (Å²) < 4.78 is 18.0. The molecule has 8 heteroatoms. The second-order valence-corrected chi connectivity index (χ2v) is 6.34. The molecule has 1 aliphatic rings. The molecule has 1 amide bonds. The minimum absolute atomic E-state index is 0.0822. The minimum atomic E-state index is -0.914. The molecule has 2 atom stereocenters. The van der Waals surface area contributed by atoms with Gasteiger partial charge in [-0.1, -0.05) is 0 Å². The Bertz CT molecular complexity index is 680. The van der Waals surface area contributed by atoms with Crippen LogP contribution in [0, 0.1) is 6.92 Å². The topological polar surface area (TPSA) is 62.2 Å². The quantitative estimate of drug-likeness (QED) is 0.854. The maximum Gasteiger partial charge on any atom is 0.256 e. The number of hydrogen-bond acceptors (Lipinski definition) is 6. The average Bonchev–Trinajstić information content (AvgIpc) is 3.13. The number of anilines is 1. The van der Waals surface area contributed by atoms with Gasteiger partial charge in [0.25, 0.3) is 5.91 Å². The van der Waals surface area contributed by atoms with Gasteiger partial charge in [-0.05, 0) is 24.5 Å². The van der Waals surface area contributed by atoms with Crippen LogP contribution in [0.1, 0.15) is 22.5 Å². The van der Waals surface area contributed by atoms with E-state index in [9.17, 15) is 9.18 Å². The Morgan fingerprint density at radius 2 is 2.39 bits per heavy atom. The summed E-state index contributed by atoms with van der Waals surface area (Å²) in [5.74, 6) is 0.612. The molecule has 0 aliphatic carbocycles. The fourth-order valence-corrected chi connectivity index (χ4v) is 3.56. The number of alkyl halides is 1. The van der Waals surface area contributed by atoms with E-state index in [1.165, 1.54) is 17.9 Å². The van der Waals surface area contributed by atoms with Crippen LogP contribution in [0.5, 0.6) is 0 Å². The molecule has 2 aromatic rings. The Labute approximate surface area is 138 Å². The van der Waals surface area contributed by atoms with Gasteiger partial charge in [0, 0.05) is 31.6 Å². The molecule has 3 heterocycles. The third-order valence-corrected chi connectivity index (χ3v) is 4.76. The van der Waals surface area contributed by atoms with Gasteiger partial charge in [-0.2, -0.15) is 4.37 Å². The number of carbonyl (C=O) groups excluding carboxylic acids is 1. The van der Waals surface area contributed by atoms with E-state index < -0.39 is 6.17 Å². The van der Waals surface area contributed by atoms with Gasteiger partial charge in [0.05, 0.1) is 23.8 Å². The number of likely N-dealkylation sites (N-methyl/N-ethyl adjacent to an activating group) is 1. The highest BCUT2D eigenvalue weighted by Gasteiger charge is 2.34. The molecule has 1 aliphatic heterocycles. The van der Waals surface area contributed by atoms with Crippen molar-refractivity contribution >= 4 is 23.3 Å². The first kappa shape index (κ1) is 15.8. The van der Waals surface area contributed by atoms with Crippen LogP contribution >= 0.6 is 11.5 Å². The highest BCUT2D eigenvalue weighted by Crippen LogP contribution is 2.26. The highest BCUT2D eigenvalue weighted by molar-refractivity contribution is 7.03. The summed E-state index contributed by atoms with van der Waals surface area (Å²) in [4.78, 5) is 24.1. The first-order chi connectivity index (χ1) is 11.1. The molecule has 0 aromatic carbocycles. The SMILES string of the molecule is Cc1nscc1C(=O)N(C)C[C@@H]1C[C@H](F)CN1c1ccncn1. The van der Waals surface area contributed by atoms with Gasteiger partial charge < -0.3 is 9.80 Å². The summed E-state index contributed by atoms with van der Waals surface area (Å²) in [7, 11) is 1.74. The van der Waals surface area contributed by atoms with Crippen LogP contribution in [0.3, 0.4) is 0 Å². The molecule has 6 nitrogen and oxygen atoms in total. The van der Waals surface area contributed by atoms with Gasteiger partial charge >= 0.3 is 0 Å². The number of aromatic nitrogens is 3. The van der Waals surface area contributed by atoms with E-state index in [0.717, 1.165) is 5.69 Å². The zero-order valence-corrected chi connectivity index (χ0v) is 13.8. The second-order valence-electron chi connectivity index (χ2n) is 5.71. The molecule has 0 spiro atoms. The molecule has 2 aromatic heterocycles. The van der Waals surface area contributed by atoms with Crippen LogP contribution in [0.4, 0.5) is 10.2 Å². The van der Waals surface area contributed by atoms with Crippen molar-refractivity contribution in [2.45, 2.75) is 25.6 Å². The molecule has 0 bridgehead atoms. The Balaban J connectivity index is 1.73. The van der Waals surface area contributed by atoms with Gasteiger partial charge in [0.15, 0.2) is 0 Å². The molecule has 1 fully saturated rings. The first-order valence-electron chi connectivity index (χ1n) is 7.39. The fraction of sp³-hybridized carbons (Fsp3) is 0.467. The standard InChI is InChI=1S/C15H18FN5OS/c1-10-13(8-23-19-10)15(22)20(2)7-12-5-11(16)6-21(12)14-3-4-17-9-18-14/h3-4,8-9,11-12H,5-7H2,1-2H3/t11-,12-/m0/s1. The first-order valence-corrected chi connectivity index (χ1v) is 8.23. The van der Waals surface area contributed by atoms with Crippen LogP contribution in [0.15, 0.2) is 24.0 Å². The number of aryl methyl sites for hydroxylation is 1. The smallest absolute Gasteiger partial charge is 0.256 e. The number of amides is 1. The van der Waals surface area contributed by atoms with Crippen molar-refractivity contribution in [3.05, 3.63) is 35.2 Å². The van der Waals surface area contributed by atoms with E-state index in [2.05, 4.69) is 14.3 Å². The lowest BCUT2D eigenvalue weighted by atomic mass is 10.1. The van der Waals surface area contributed by atoms with Crippen molar-refractivity contribution in [1.29, 1.82) is 0 Å². The summed E-state index contributed by atoms with van der Waals surface area (Å²) in [5, 5.41) is 1.75. The van der Waals surface area contributed by atoms with E-state index in [0.29, 0.717) is 30.9 Å². The Hall–Kier alpha value is -2.09. The van der Waals surface area contributed by atoms with Gasteiger partial charge in [-0.25, -0.2) is 14.4 Å². The van der Waals surface area contributed by atoms with Crippen molar-refractivity contribution in [2.24, 2.45) is 0 Å². The van der Waals surface area contributed by atoms with E-state index >= 15 is 0 Å². The monoisotopic (exact) mass is 335 g/mol. The Morgan fingerprint density at radius 3 is 3.04 bits per heavy atom.